The number of carbonyl (C=O) groups excluding carboxylic acids is 1. The number of carbonyl (C=O) groups is 1. The predicted molar refractivity (Wildman–Crippen MR) is 144 cm³/mol. The maximum atomic E-state index is 14.3. The number of aromatic nitrogens is 3. The van der Waals surface area contributed by atoms with Crippen LogP contribution in [-0.4, -0.2) is 67.8 Å². The average molecular weight is 523 g/mol. The van der Waals surface area contributed by atoms with Gasteiger partial charge in [0.15, 0.2) is 11.6 Å². The molecule has 0 spiro atoms. The molecule has 13 heteroatoms. The standard InChI is InChI=1S/C24H26B2ClFN6O3/c1-12-10-34(11-13(2)19(12)28)23-30-9-16(27)20(32-23)31-15-5-6-17-14(7-15)8-18(21(35)33(17)4)37-24(25,26)22(36)29-3/h5-9,12-13,19H,10-11H2,1-4H3,(H,29,36)(H,30,31,32)/t12-,13+,19?. The number of pyridine rings is 1. The first-order valence-electron chi connectivity index (χ1n) is 11.7. The summed E-state index contributed by atoms with van der Waals surface area (Å²) in [6.07, 6.45) is 0.629. The van der Waals surface area contributed by atoms with Crippen LogP contribution in [0.1, 0.15) is 13.8 Å². The van der Waals surface area contributed by atoms with E-state index in [9.17, 15) is 14.0 Å². The molecule has 9 nitrogen and oxygen atoms in total. The molecule has 190 valence electrons. The molecule has 37 heavy (non-hydrogen) atoms. The van der Waals surface area contributed by atoms with Crippen molar-refractivity contribution in [1.82, 2.24) is 19.9 Å². The van der Waals surface area contributed by atoms with Crippen LogP contribution in [0.25, 0.3) is 10.9 Å². The molecule has 3 heterocycles. The molecular formula is C24H26B2ClFN6O3. The number of amides is 1. The zero-order valence-electron chi connectivity index (χ0n) is 21.0. The number of hydrogen-bond acceptors (Lipinski definition) is 7. The zero-order chi connectivity index (χ0) is 27.1. The number of fused-ring (bicyclic) bond motifs is 1. The topological polar surface area (TPSA) is 101 Å². The molecule has 0 saturated carbocycles. The summed E-state index contributed by atoms with van der Waals surface area (Å²) in [6, 6.07) is 6.72. The van der Waals surface area contributed by atoms with Crippen molar-refractivity contribution < 1.29 is 13.9 Å². The summed E-state index contributed by atoms with van der Waals surface area (Å²) in [6.45, 7) is 4.74. The van der Waals surface area contributed by atoms with E-state index in [1.165, 1.54) is 23.9 Å². The fourth-order valence-electron chi connectivity index (χ4n) is 4.46. The fourth-order valence-corrected chi connectivity index (χ4v) is 4.60. The van der Waals surface area contributed by atoms with E-state index in [-0.39, 0.29) is 17.6 Å². The Balaban J connectivity index is 1.65. The lowest BCUT2D eigenvalue weighted by atomic mass is 9.64. The molecule has 1 fully saturated rings. The number of alkyl halides is 1. The molecule has 0 aliphatic carbocycles. The Labute approximate surface area is 221 Å². The van der Waals surface area contributed by atoms with Crippen LogP contribution in [0.3, 0.4) is 0 Å². The van der Waals surface area contributed by atoms with Crippen molar-refractivity contribution in [1.29, 1.82) is 0 Å². The number of rotatable bonds is 6. The molecule has 1 aromatic carbocycles. The molecule has 4 rings (SSSR count). The quantitative estimate of drug-likeness (QED) is 0.479. The highest BCUT2D eigenvalue weighted by atomic mass is 35.5. The lowest BCUT2D eigenvalue weighted by Gasteiger charge is -2.37. The van der Waals surface area contributed by atoms with E-state index in [1.807, 2.05) is 18.7 Å². The second kappa shape index (κ2) is 10.2. The lowest BCUT2D eigenvalue weighted by molar-refractivity contribution is -0.126. The van der Waals surface area contributed by atoms with Crippen molar-refractivity contribution in [3.63, 3.8) is 0 Å². The minimum Gasteiger partial charge on any atom is -0.492 e. The number of hydrogen-bond donors (Lipinski definition) is 2. The van der Waals surface area contributed by atoms with Crippen LogP contribution in [0.2, 0.25) is 5.02 Å². The highest BCUT2D eigenvalue weighted by Crippen LogP contribution is 2.31. The summed E-state index contributed by atoms with van der Waals surface area (Å²) >= 11 is 6.37. The minimum atomic E-state index is -2.24. The van der Waals surface area contributed by atoms with E-state index in [0.717, 1.165) is 0 Å². The van der Waals surface area contributed by atoms with Crippen LogP contribution < -0.4 is 25.8 Å². The van der Waals surface area contributed by atoms with Gasteiger partial charge in [-0.1, -0.05) is 25.4 Å². The number of ether oxygens (including phenoxy) is 1. The molecule has 1 saturated heterocycles. The molecule has 3 aromatic rings. The zero-order valence-corrected chi connectivity index (χ0v) is 21.7. The van der Waals surface area contributed by atoms with Crippen molar-refractivity contribution in [3.05, 3.63) is 45.8 Å². The van der Waals surface area contributed by atoms with E-state index >= 15 is 0 Å². The lowest BCUT2D eigenvalue weighted by Crippen LogP contribution is -2.52. The summed E-state index contributed by atoms with van der Waals surface area (Å²) in [5.41, 5.74) is 0.710. The van der Waals surface area contributed by atoms with Crippen molar-refractivity contribution in [2.75, 3.05) is 30.4 Å². The smallest absolute Gasteiger partial charge is 0.293 e. The van der Waals surface area contributed by atoms with Crippen LogP contribution >= 0.6 is 11.6 Å². The Kier molecular flexibility index (Phi) is 7.41. The number of benzene rings is 1. The summed E-state index contributed by atoms with van der Waals surface area (Å²) in [5.74, 6) is -0.453. The van der Waals surface area contributed by atoms with Crippen LogP contribution in [0, 0.1) is 11.8 Å². The first kappa shape index (κ1) is 26.8. The molecule has 2 aromatic heterocycles. The molecule has 1 unspecified atom stereocenters. The van der Waals surface area contributed by atoms with Crippen molar-refractivity contribution in [3.8, 4) is 5.75 Å². The molecule has 4 radical (unpaired) electrons. The van der Waals surface area contributed by atoms with Gasteiger partial charge in [-0.25, -0.2) is 9.37 Å². The van der Waals surface area contributed by atoms with Gasteiger partial charge in [0.25, 0.3) is 5.56 Å². The van der Waals surface area contributed by atoms with Crippen LogP contribution in [0.4, 0.5) is 21.8 Å². The van der Waals surface area contributed by atoms with E-state index in [4.69, 9.17) is 32.0 Å². The van der Waals surface area contributed by atoms with Gasteiger partial charge in [-0.3, -0.25) is 9.59 Å². The average Bonchev–Trinajstić information content (AvgIpc) is 2.85. The van der Waals surface area contributed by atoms with E-state index in [2.05, 4.69) is 20.6 Å². The number of likely N-dealkylation sites (N-methyl/N-ethyl adjacent to an activating group) is 1. The Morgan fingerprint density at radius 3 is 2.57 bits per heavy atom. The fraction of sp³-hybridized carbons (Fsp3) is 0.417. The molecule has 0 bridgehead atoms. The maximum absolute atomic E-state index is 14.3. The summed E-state index contributed by atoms with van der Waals surface area (Å²) < 4.78 is 21.0. The number of nitrogens with one attached hydrogen (secondary N) is 2. The highest BCUT2D eigenvalue weighted by Gasteiger charge is 2.33. The van der Waals surface area contributed by atoms with Crippen LogP contribution in [-0.2, 0) is 11.8 Å². The first-order chi connectivity index (χ1) is 17.4. The number of anilines is 3. The Morgan fingerprint density at radius 1 is 1.24 bits per heavy atom. The van der Waals surface area contributed by atoms with E-state index < -0.39 is 23.0 Å². The van der Waals surface area contributed by atoms with Gasteiger partial charge in [0, 0.05) is 50.1 Å². The normalized spacial score (nSPS) is 20.1. The van der Waals surface area contributed by atoms with Gasteiger partial charge in [0.1, 0.15) is 32.3 Å². The third-order valence-corrected chi connectivity index (χ3v) is 6.71. The van der Waals surface area contributed by atoms with Crippen molar-refractivity contribution in [2.24, 2.45) is 18.9 Å². The van der Waals surface area contributed by atoms with Gasteiger partial charge in [0.05, 0.1) is 11.7 Å². The summed E-state index contributed by atoms with van der Waals surface area (Å²) in [4.78, 5) is 35.6. The third-order valence-electron chi connectivity index (χ3n) is 6.43. The maximum Gasteiger partial charge on any atom is 0.293 e. The molecule has 3 atom stereocenters. The number of halogens is 2. The molecule has 1 amide bonds. The Hall–Kier alpha value is -3.27. The number of piperidine rings is 1. The van der Waals surface area contributed by atoms with Gasteiger partial charge in [0.2, 0.25) is 11.9 Å². The van der Waals surface area contributed by atoms with Gasteiger partial charge in [-0.2, -0.15) is 4.98 Å². The van der Waals surface area contributed by atoms with Gasteiger partial charge >= 0.3 is 0 Å². The SMILES string of the molecule is [B]C([B])(Oc1cc2cc(Nc3nc(N4C[C@@H](C)C(F)[C@@H](C)C4)ncc3Cl)ccc2n(C)c1=O)C(=O)NC. The monoisotopic (exact) mass is 522 g/mol. The van der Waals surface area contributed by atoms with E-state index in [1.54, 1.807) is 25.2 Å². The second-order valence-electron chi connectivity index (χ2n) is 9.42. The third kappa shape index (κ3) is 5.39. The van der Waals surface area contributed by atoms with Crippen molar-refractivity contribution >= 4 is 61.6 Å². The Bertz CT molecular complexity index is 1390. The predicted octanol–water partition coefficient (Wildman–Crippen LogP) is 2.27. The largest absolute Gasteiger partial charge is 0.492 e. The summed E-state index contributed by atoms with van der Waals surface area (Å²) in [7, 11) is 14.4. The molecule has 1 aliphatic rings. The number of nitrogens with zero attached hydrogens (tertiary/aromatic N) is 4. The van der Waals surface area contributed by atoms with Gasteiger partial charge in [-0.05, 0) is 24.3 Å². The molecule has 2 N–H and O–H groups in total. The first-order valence-corrected chi connectivity index (χ1v) is 12.1. The highest BCUT2D eigenvalue weighted by molar-refractivity contribution is 6.50. The summed E-state index contributed by atoms with van der Waals surface area (Å²) in [5, 5.41) is 4.14. The van der Waals surface area contributed by atoms with Crippen LogP contribution in [0.5, 0.6) is 5.75 Å². The van der Waals surface area contributed by atoms with Crippen LogP contribution in [0.15, 0.2) is 35.3 Å². The molecule has 1 aliphatic heterocycles. The van der Waals surface area contributed by atoms with Gasteiger partial charge < -0.3 is 24.8 Å². The van der Waals surface area contributed by atoms with E-state index in [0.29, 0.717) is 46.5 Å². The van der Waals surface area contributed by atoms with Crippen molar-refractivity contribution in [2.45, 2.75) is 25.4 Å². The Morgan fingerprint density at radius 2 is 1.92 bits per heavy atom. The number of aryl methyl sites for hydroxylation is 1. The second-order valence-corrected chi connectivity index (χ2v) is 9.82. The minimum absolute atomic E-state index is 0.146. The van der Waals surface area contributed by atoms with Gasteiger partial charge in [-0.15, -0.1) is 0 Å². The molecular weight excluding hydrogens is 496 g/mol.